The van der Waals surface area contributed by atoms with Crippen LogP contribution in [0.15, 0.2) is 58.5 Å². The Hall–Kier alpha value is -1.94. The Morgan fingerprint density at radius 2 is 1.70 bits per heavy atom. The summed E-state index contributed by atoms with van der Waals surface area (Å²) in [5.41, 5.74) is 6.77. The number of hydrazone groups is 1. The van der Waals surface area contributed by atoms with Gasteiger partial charge in [0, 0.05) is 11.3 Å². The maximum Gasteiger partial charge on any atom is 0.118 e. The second-order valence-corrected chi connectivity index (χ2v) is 5.83. The minimum atomic E-state index is 0.242. The van der Waals surface area contributed by atoms with Crippen LogP contribution in [0.5, 0.6) is 5.75 Å². The number of thioether (sulfide) groups is 1. The lowest BCUT2D eigenvalue weighted by Gasteiger charge is -2.10. The Kier molecular flexibility index (Phi) is 6.53. The van der Waals surface area contributed by atoms with Crippen LogP contribution in [-0.2, 0) is 0 Å². The van der Waals surface area contributed by atoms with Crippen molar-refractivity contribution in [1.29, 1.82) is 0 Å². The number of hydrogen-bond acceptors (Lipinski definition) is 4. The van der Waals surface area contributed by atoms with Gasteiger partial charge in [0.1, 0.15) is 5.75 Å². The second-order valence-electron chi connectivity index (χ2n) is 4.95. The van der Waals surface area contributed by atoms with Crippen molar-refractivity contribution in [1.82, 2.24) is 5.43 Å². The van der Waals surface area contributed by atoms with Gasteiger partial charge in [-0.25, -0.2) is 0 Å². The Morgan fingerprint density at radius 3 is 2.26 bits per heavy atom. The van der Waals surface area contributed by atoms with E-state index in [1.165, 1.54) is 16.0 Å². The Labute approximate surface area is 143 Å². The van der Waals surface area contributed by atoms with E-state index in [0.717, 1.165) is 17.9 Å². The fourth-order valence-corrected chi connectivity index (χ4v) is 2.84. The molecule has 1 atom stereocenters. The number of hydrogen-bond donors (Lipinski definition) is 1. The molecule has 4 heteroatoms. The number of nitrogens with zero attached hydrogens (tertiary/aromatic N) is 1. The molecule has 0 aliphatic carbocycles. The molecule has 0 bridgehead atoms. The van der Waals surface area contributed by atoms with Crippen molar-refractivity contribution >= 4 is 17.5 Å². The van der Waals surface area contributed by atoms with E-state index in [1.807, 2.05) is 26.0 Å². The van der Waals surface area contributed by atoms with E-state index in [2.05, 4.69) is 53.2 Å². The van der Waals surface area contributed by atoms with Crippen molar-refractivity contribution in [2.75, 3.05) is 13.4 Å². The summed E-state index contributed by atoms with van der Waals surface area (Å²) in [6, 6.07) is 17.0. The van der Waals surface area contributed by atoms with Crippen LogP contribution in [0.2, 0.25) is 0 Å². The van der Waals surface area contributed by atoms with E-state index in [1.54, 1.807) is 18.9 Å². The zero-order valence-electron chi connectivity index (χ0n) is 14.2. The van der Waals surface area contributed by atoms with Crippen LogP contribution in [0.3, 0.4) is 0 Å². The summed E-state index contributed by atoms with van der Waals surface area (Å²) in [5.74, 6) is 0.880. The van der Waals surface area contributed by atoms with E-state index in [-0.39, 0.29) is 6.04 Å². The van der Waals surface area contributed by atoms with Crippen molar-refractivity contribution in [2.24, 2.45) is 5.10 Å². The summed E-state index contributed by atoms with van der Waals surface area (Å²) in [4.78, 5) is 1.28. The minimum Gasteiger partial charge on any atom is -0.497 e. The summed E-state index contributed by atoms with van der Waals surface area (Å²) >= 11 is 1.75. The number of rotatable bonds is 4. The lowest BCUT2D eigenvalue weighted by molar-refractivity contribution is 0.414. The van der Waals surface area contributed by atoms with Crippen LogP contribution in [0.25, 0.3) is 0 Å². The Balaban J connectivity index is 0.000000924. The molecule has 122 valence electrons. The number of benzene rings is 2. The Morgan fingerprint density at radius 1 is 1.04 bits per heavy atom. The van der Waals surface area contributed by atoms with Crippen molar-refractivity contribution in [2.45, 2.75) is 31.2 Å². The van der Waals surface area contributed by atoms with Gasteiger partial charge in [-0.3, -0.25) is 0 Å². The van der Waals surface area contributed by atoms with E-state index in [0.29, 0.717) is 0 Å². The number of nitrogens with one attached hydrogen (secondary N) is 1. The molecule has 3 rings (SSSR count). The molecular formula is C19H24N2OS. The fraction of sp³-hybridized carbons (Fsp3) is 0.316. The maximum absolute atomic E-state index is 5.19. The quantitative estimate of drug-likeness (QED) is 0.812. The molecule has 0 fully saturated rings. The van der Waals surface area contributed by atoms with Gasteiger partial charge in [-0.05, 0) is 41.6 Å². The molecule has 1 heterocycles. The van der Waals surface area contributed by atoms with E-state index in [9.17, 15) is 0 Å². The topological polar surface area (TPSA) is 33.6 Å². The molecule has 0 spiro atoms. The van der Waals surface area contributed by atoms with Crippen molar-refractivity contribution in [3.05, 3.63) is 59.7 Å². The molecule has 1 unspecified atom stereocenters. The van der Waals surface area contributed by atoms with Crippen LogP contribution in [0.4, 0.5) is 0 Å². The molecule has 1 aliphatic rings. The number of methoxy groups -OCH3 is 1. The normalized spacial score (nSPS) is 16.0. The first kappa shape index (κ1) is 17.4. The highest BCUT2D eigenvalue weighted by molar-refractivity contribution is 7.98. The third-order valence-corrected chi connectivity index (χ3v) is 4.44. The molecule has 2 aromatic carbocycles. The molecule has 0 saturated heterocycles. The molecule has 0 radical (unpaired) electrons. The third kappa shape index (κ3) is 4.29. The predicted octanol–water partition coefficient (Wildman–Crippen LogP) is 4.88. The summed E-state index contributed by atoms with van der Waals surface area (Å²) in [6.45, 7) is 4.00. The summed E-state index contributed by atoms with van der Waals surface area (Å²) in [5, 5.41) is 4.49. The van der Waals surface area contributed by atoms with Crippen LogP contribution < -0.4 is 10.2 Å². The summed E-state index contributed by atoms with van der Waals surface area (Å²) < 4.78 is 5.19. The van der Waals surface area contributed by atoms with Crippen LogP contribution in [-0.4, -0.2) is 19.1 Å². The average Bonchev–Trinajstić information content (AvgIpc) is 3.13. The van der Waals surface area contributed by atoms with Gasteiger partial charge in [0.15, 0.2) is 0 Å². The molecule has 1 aliphatic heterocycles. The van der Waals surface area contributed by atoms with Gasteiger partial charge in [-0.2, -0.15) is 5.10 Å². The Bertz CT molecular complexity index is 635. The smallest absolute Gasteiger partial charge is 0.118 e. The van der Waals surface area contributed by atoms with Gasteiger partial charge in [0.2, 0.25) is 0 Å². The van der Waals surface area contributed by atoms with Gasteiger partial charge in [-0.15, -0.1) is 11.8 Å². The van der Waals surface area contributed by atoms with Gasteiger partial charge in [0.25, 0.3) is 0 Å². The van der Waals surface area contributed by atoms with Crippen molar-refractivity contribution < 1.29 is 4.74 Å². The lowest BCUT2D eigenvalue weighted by atomic mass is 9.99. The molecule has 1 N–H and O–H groups in total. The first-order valence-electron chi connectivity index (χ1n) is 7.90. The predicted molar refractivity (Wildman–Crippen MR) is 99.6 cm³/mol. The fourth-order valence-electron chi connectivity index (χ4n) is 2.43. The van der Waals surface area contributed by atoms with E-state index in [4.69, 9.17) is 4.74 Å². The third-order valence-electron chi connectivity index (χ3n) is 3.69. The van der Waals surface area contributed by atoms with Gasteiger partial charge < -0.3 is 10.2 Å². The highest BCUT2D eigenvalue weighted by Crippen LogP contribution is 2.26. The van der Waals surface area contributed by atoms with Gasteiger partial charge in [0.05, 0.1) is 18.9 Å². The second kappa shape index (κ2) is 8.63. The minimum absolute atomic E-state index is 0.242. The first-order chi connectivity index (χ1) is 11.3. The SMILES string of the molecule is CC.COc1ccc(C2CC(c3ccc(SC)cc3)=NN2)cc1. The molecule has 0 amide bonds. The largest absolute Gasteiger partial charge is 0.497 e. The standard InChI is InChI=1S/C17H18N2OS.C2H6/c1-20-14-7-3-12(4-8-14)16-11-17(19-18-16)13-5-9-15(21-2)10-6-13;1-2/h3-10,16,18H,11H2,1-2H3;1-2H3. The highest BCUT2D eigenvalue weighted by atomic mass is 32.2. The molecule has 2 aromatic rings. The zero-order valence-corrected chi connectivity index (χ0v) is 15.0. The molecule has 3 nitrogen and oxygen atoms in total. The summed E-state index contributed by atoms with van der Waals surface area (Å²) in [7, 11) is 1.68. The molecule has 23 heavy (non-hydrogen) atoms. The zero-order chi connectivity index (χ0) is 16.7. The lowest BCUT2D eigenvalue weighted by Crippen LogP contribution is -2.09. The van der Waals surface area contributed by atoms with Gasteiger partial charge in [-0.1, -0.05) is 38.1 Å². The van der Waals surface area contributed by atoms with Crippen LogP contribution in [0.1, 0.15) is 37.4 Å². The number of ether oxygens (including phenoxy) is 1. The molecule has 0 saturated carbocycles. The molecular weight excluding hydrogens is 304 g/mol. The highest BCUT2D eigenvalue weighted by Gasteiger charge is 2.21. The van der Waals surface area contributed by atoms with Gasteiger partial charge >= 0.3 is 0 Å². The van der Waals surface area contributed by atoms with Crippen molar-refractivity contribution in [3.8, 4) is 5.75 Å². The van der Waals surface area contributed by atoms with Crippen molar-refractivity contribution in [3.63, 3.8) is 0 Å². The molecule has 0 aromatic heterocycles. The van der Waals surface area contributed by atoms with Crippen LogP contribution in [0, 0.1) is 0 Å². The monoisotopic (exact) mass is 328 g/mol. The summed E-state index contributed by atoms with van der Waals surface area (Å²) in [6.07, 6.45) is 2.99. The van der Waals surface area contributed by atoms with E-state index >= 15 is 0 Å². The average molecular weight is 328 g/mol. The first-order valence-corrected chi connectivity index (χ1v) is 9.13. The van der Waals surface area contributed by atoms with E-state index < -0.39 is 0 Å². The maximum atomic E-state index is 5.19. The van der Waals surface area contributed by atoms with Crippen LogP contribution >= 0.6 is 11.8 Å².